The van der Waals surface area contributed by atoms with Crippen molar-refractivity contribution in [3.05, 3.63) is 71.9 Å². The Morgan fingerprint density at radius 1 is 0.809 bits per heavy atom. The molecule has 3 heterocycles. The van der Waals surface area contributed by atoms with Crippen LogP contribution >= 0.6 is 0 Å². The number of fused-ring (bicyclic) bond motifs is 3. The van der Waals surface area contributed by atoms with E-state index < -0.39 is 61.2 Å². The maximum Gasteiger partial charge on any atom is 0.305 e. The minimum Gasteiger partial charge on any atom is -0.466 e. The molecule has 2 aromatic heterocycles. The summed E-state index contributed by atoms with van der Waals surface area (Å²) >= 11 is 0. The molecule has 13 nitrogen and oxygen atoms in total. The van der Waals surface area contributed by atoms with E-state index in [1.807, 2.05) is 71.4 Å². The molecule has 0 amide bonds. The summed E-state index contributed by atoms with van der Waals surface area (Å²) in [6.45, 7) is 4.12. The molecule has 0 bridgehead atoms. The van der Waals surface area contributed by atoms with Crippen LogP contribution in [-0.2, 0) is 42.9 Å². The summed E-state index contributed by atoms with van der Waals surface area (Å²) in [5.74, 6) is -3.08. The number of carbonyl (C=O) groups is 5. The molecular formula is C34H32N2O11. The van der Waals surface area contributed by atoms with Gasteiger partial charge in [0.15, 0.2) is 18.5 Å². The average molecular weight is 645 g/mol. The lowest BCUT2D eigenvalue weighted by Gasteiger charge is -2.43. The first kappa shape index (κ1) is 32.8. The van der Waals surface area contributed by atoms with Crippen LogP contribution in [0, 0.1) is 0 Å². The van der Waals surface area contributed by atoms with E-state index in [1.54, 1.807) is 6.07 Å². The van der Waals surface area contributed by atoms with E-state index in [1.165, 1.54) is 6.92 Å². The predicted molar refractivity (Wildman–Crippen MR) is 167 cm³/mol. The molecule has 0 N–H and O–H groups in total. The Morgan fingerprint density at radius 2 is 1.47 bits per heavy atom. The third-order valence-electron chi connectivity index (χ3n) is 7.19. The molecule has 4 aromatic rings. The summed E-state index contributed by atoms with van der Waals surface area (Å²) in [6.07, 6.45) is -2.84. The van der Waals surface area contributed by atoms with Gasteiger partial charge in [-0.15, -0.1) is 0 Å². The van der Waals surface area contributed by atoms with E-state index in [-0.39, 0.29) is 11.6 Å². The van der Waals surface area contributed by atoms with Crippen LogP contribution in [0.3, 0.4) is 0 Å². The van der Waals surface area contributed by atoms with E-state index in [4.69, 9.17) is 28.4 Å². The third-order valence-corrected chi connectivity index (χ3v) is 7.19. The van der Waals surface area contributed by atoms with E-state index in [2.05, 4.69) is 4.98 Å². The Morgan fingerprint density at radius 3 is 2.13 bits per heavy atom. The first-order chi connectivity index (χ1) is 22.5. The second-order valence-electron chi connectivity index (χ2n) is 10.7. The van der Waals surface area contributed by atoms with Crippen molar-refractivity contribution >= 4 is 64.2 Å². The van der Waals surface area contributed by atoms with Crippen molar-refractivity contribution in [2.75, 3.05) is 6.61 Å². The minimum absolute atomic E-state index is 0.0362. The topological polar surface area (TPSA) is 159 Å². The molecule has 1 unspecified atom stereocenters. The fourth-order valence-corrected chi connectivity index (χ4v) is 5.41. The van der Waals surface area contributed by atoms with Gasteiger partial charge >= 0.3 is 23.9 Å². The number of rotatable bonds is 10. The van der Waals surface area contributed by atoms with Crippen molar-refractivity contribution in [1.82, 2.24) is 9.55 Å². The van der Waals surface area contributed by atoms with Crippen molar-refractivity contribution in [3.63, 3.8) is 0 Å². The van der Waals surface area contributed by atoms with Crippen LogP contribution in [0.4, 0.5) is 0 Å². The van der Waals surface area contributed by atoms with Crippen LogP contribution in [0.25, 0.3) is 34.1 Å². The zero-order chi connectivity index (χ0) is 33.7. The number of para-hydroxylation sites is 1. The summed E-state index contributed by atoms with van der Waals surface area (Å²) < 4.78 is 35.9. The highest BCUT2D eigenvalue weighted by molar-refractivity contribution is 6.12. The monoisotopic (exact) mass is 644 g/mol. The van der Waals surface area contributed by atoms with Gasteiger partial charge < -0.3 is 33.0 Å². The molecule has 0 saturated carbocycles. The van der Waals surface area contributed by atoms with Crippen molar-refractivity contribution < 1.29 is 52.4 Å². The van der Waals surface area contributed by atoms with E-state index in [0.717, 1.165) is 37.2 Å². The van der Waals surface area contributed by atoms with Gasteiger partial charge in [-0.25, -0.2) is 4.98 Å². The SMILES string of the molecule is CC(=O)OC[C@H]1O[C@@H](OC(C)=O)[C@H](OC(C)=O)[C@@H](OC(C)=O)C1Oc1nc(C=O)cc2c3ccccc3n(/C=C/c3ccccc3)c12. The number of carbonyl (C=O) groups excluding carboxylic acids is 5. The lowest BCUT2D eigenvalue weighted by molar-refractivity contribution is -0.294. The van der Waals surface area contributed by atoms with Gasteiger partial charge in [0.25, 0.3) is 0 Å². The highest BCUT2D eigenvalue weighted by Crippen LogP contribution is 2.38. The lowest BCUT2D eigenvalue weighted by Crippen LogP contribution is -2.63. The molecule has 2 aromatic carbocycles. The molecule has 13 heteroatoms. The van der Waals surface area contributed by atoms with Gasteiger partial charge in [0.2, 0.25) is 18.3 Å². The van der Waals surface area contributed by atoms with E-state index >= 15 is 0 Å². The zero-order valence-electron chi connectivity index (χ0n) is 26.0. The number of benzene rings is 2. The second-order valence-corrected chi connectivity index (χ2v) is 10.7. The van der Waals surface area contributed by atoms with Crippen LogP contribution in [0.2, 0.25) is 0 Å². The smallest absolute Gasteiger partial charge is 0.305 e. The summed E-state index contributed by atoms with van der Waals surface area (Å²) in [6, 6.07) is 18.7. The molecule has 1 aliphatic heterocycles. The molecule has 0 spiro atoms. The molecule has 5 rings (SSSR count). The van der Waals surface area contributed by atoms with E-state index in [0.29, 0.717) is 17.2 Å². The Labute approximate surface area is 268 Å². The molecule has 1 saturated heterocycles. The van der Waals surface area contributed by atoms with Gasteiger partial charge in [-0.2, -0.15) is 0 Å². The highest BCUT2D eigenvalue weighted by Gasteiger charge is 2.53. The number of aromatic nitrogens is 2. The Kier molecular flexibility index (Phi) is 9.95. The fourth-order valence-electron chi connectivity index (χ4n) is 5.41. The molecule has 47 heavy (non-hydrogen) atoms. The van der Waals surface area contributed by atoms with Crippen molar-refractivity contribution in [2.24, 2.45) is 0 Å². The molecule has 244 valence electrons. The summed E-state index contributed by atoms with van der Waals surface area (Å²) in [5, 5.41) is 1.41. The minimum atomic E-state index is -1.56. The Balaban J connectivity index is 1.71. The number of hydrogen-bond donors (Lipinski definition) is 0. The molecule has 1 aliphatic rings. The zero-order valence-corrected chi connectivity index (χ0v) is 26.0. The lowest BCUT2D eigenvalue weighted by atomic mass is 9.98. The number of hydrogen-bond acceptors (Lipinski definition) is 12. The first-order valence-electron chi connectivity index (χ1n) is 14.6. The molecule has 0 aliphatic carbocycles. The summed E-state index contributed by atoms with van der Waals surface area (Å²) in [4.78, 5) is 65.1. The number of esters is 4. The van der Waals surface area contributed by atoms with Crippen molar-refractivity contribution in [3.8, 4) is 5.88 Å². The second kappa shape index (κ2) is 14.3. The van der Waals surface area contributed by atoms with Crippen LogP contribution in [0.5, 0.6) is 5.88 Å². The normalized spacial score (nSPS) is 20.9. The van der Waals surface area contributed by atoms with Crippen LogP contribution < -0.4 is 4.74 Å². The molecule has 5 atom stereocenters. The van der Waals surface area contributed by atoms with Gasteiger partial charge in [-0.05, 0) is 23.8 Å². The van der Waals surface area contributed by atoms with Gasteiger partial charge in [-0.1, -0.05) is 48.5 Å². The van der Waals surface area contributed by atoms with Gasteiger partial charge in [0.05, 0.1) is 5.52 Å². The number of ether oxygens (including phenoxy) is 6. The maximum absolute atomic E-state index is 12.4. The number of pyridine rings is 1. The Bertz CT molecular complexity index is 1850. The van der Waals surface area contributed by atoms with Crippen LogP contribution in [0.15, 0.2) is 60.7 Å². The molecule has 0 radical (unpaired) electrons. The first-order valence-corrected chi connectivity index (χ1v) is 14.6. The maximum atomic E-state index is 12.4. The largest absolute Gasteiger partial charge is 0.466 e. The van der Waals surface area contributed by atoms with Crippen molar-refractivity contribution in [2.45, 2.75) is 58.4 Å². The third kappa shape index (κ3) is 7.47. The number of nitrogens with zero attached hydrogens (tertiary/aromatic N) is 2. The average Bonchev–Trinajstić information content (AvgIpc) is 3.35. The molecular weight excluding hydrogens is 612 g/mol. The van der Waals surface area contributed by atoms with Crippen LogP contribution in [0.1, 0.15) is 43.7 Å². The summed E-state index contributed by atoms with van der Waals surface area (Å²) in [5.41, 5.74) is 2.16. The Hall–Kier alpha value is -5.56. The summed E-state index contributed by atoms with van der Waals surface area (Å²) in [7, 11) is 0. The standard InChI is InChI=1S/C34H32N2O11/c1-19(38)42-18-28-30(31(43-20(2)39)32(44-21(3)40)34(46-28)45-22(4)41)47-33-29-26(16-24(17-37)35-33)25-12-8-9-13-27(25)36(29)15-14-23-10-6-5-7-11-23/h5-17,28,30-32,34H,18H2,1-4H3/b15-14+/t28-,30?,31+,32-,34-/m1/s1. The van der Waals surface area contributed by atoms with E-state index in [9.17, 15) is 24.0 Å². The molecule has 1 fully saturated rings. The van der Waals surface area contributed by atoms with Crippen molar-refractivity contribution in [1.29, 1.82) is 0 Å². The fraction of sp³-hybridized carbons (Fsp3) is 0.294. The quantitative estimate of drug-likeness (QED) is 0.139. The predicted octanol–water partition coefficient (Wildman–Crippen LogP) is 4.09. The van der Waals surface area contributed by atoms with Gasteiger partial charge in [-0.3, -0.25) is 24.0 Å². The van der Waals surface area contributed by atoms with Crippen LogP contribution in [-0.4, -0.2) is 77.0 Å². The highest BCUT2D eigenvalue weighted by atomic mass is 16.7. The number of aldehydes is 1. The van der Waals surface area contributed by atoms with Gasteiger partial charge in [0.1, 0.15) is 23.9 Å². The van der Waals surface area contributed by atoms with Gasteiger partial charge in [0, 0.05) is 44.7 Å².